The molecule has 6 heteroatoms. The molecule has 2 rings (SSSR count). The Hall–Kier alpha value is -1.82. The van der Waals surface area contributed by atoms with Crippen LogP contribution < -0.4 is 10.5 Å². The van der Waals surface area contributed by atoms with E-state index >= 15 is 0 Å². The molecule has 0 saturated carbocycles. The van der Waals surface area contributed by atoms with E-state index in [0.717, 1.165) is 6.20 Å². The molecule has 0 saturated heterocycles. The lowest BCUT2D eigenvalue weighted by Crippen LogP contribution is -2.23. The second-order valence-corrected chi connectivity index (χ2v) is 5.11. The minimum atomic E-state index is -3.57. The predicted octanol–water partition coefficient (Wildman–Crippen LogP) is 0.650. The summed E-state index contributed by atoms with van der Waals surface area (Å²) in [4.78, 5) is 3.70. The first-order valence-electron chi connectivity index (χ1n) is 4.56. The van der Waals surface area contributed by atoms with Gasteiger partial charge in [0.2, 0.25) is 9.84 Å². The van der Waals surface area contributed by atoms with Crippen molar-refractivity contribution in [2.45, 2.75) is 0 Å². The minimum absolute atomic E-state index is 0.0612. The molecule has 0 bridgehead atoms. The van der Waals surface area contributed by atoms with Crippen LogP contribution in [0.25, 0.3) is 0 Å². The number of hydrogen-bond acceptors (Lipinski definition) is 5. The van der Waals surface area contributed by atoms with Gasteiger partial charge in [0.25, 0.3) is 0 Å². The SMILES string of the molecule is NC1=CN=C(COc2ccccc2)S1(=O)=O. The summed E-state index contributed by atoms with van der Waals surface area (Å²) in [6, 6.07) is 8.91. The highest BCUT2D eigenvalue weighted by Crippen LogP contribution is 2.14. The molecule has 1 aromatic carbocycles. The number of para-hydroxylation sites is 1. The van der Waals surface area contributed by atoms with E-state index in [0.29, 0.717) is 5.75 Å². The highest BCUT2D eigenvalue weighted by Gasteiger charge is 2.27. The first-order valence-corrected chi connectivity index (χ1v) is 6.04. The molecule has 0 radical (unpaired) electrons. The average Bonchev–Trinajstić information content (AvgIpc) is 2.53. The quantitative estimate of drug-likeness (QED) is 0.838. The summed E-state index contributed by atoms with van der Waals surface area (Å²) in [5, 5.41) is -0.298. The highest BCUT2D eigenvalue weighted by molar-refractivity contribution is 8.10. The van der Waals surface area contributed by atoms with Crippen LogP contribution in [0.2, 0.25) is 0 Å². The monoisotopic (exact) mass is 238 g/mol. The molecule has 0 atom stereocenters. The summed E-state index contributed by atoms with van der Waals surface area (Å²) in [5.41, 5.74) is 5.27. The second kappa shape index (κ2) is 3.97. The molecule has 5 nitrogen and oxygen atoms in total. The van der Waals surface area contributed by atoms with Crippen LogP contribution >= 0.6 is 0 Å². The summed E-state index contributed by atoms with van der Waals surface area (Å²) >= 11 is 0. The normalized spacial score (nSPS) is 17.8. The van der Waals surface area contributed by atoms with Gasteiger partial charge in [-0.1, -0.05) is 18.2 Å². The lowest BCUT2D eigenvalue weighted by Gasteiger charge is -2.05. The maximum absolute atomic E-state index is 11.5. The fraction of sp³-hybridized carbons (Fsp3) is 0.100. The van der Waals surface area contributed by atoms with Gasteiger partial charge in [0.05, 0.1) is 6.20 Å². The van der Waals surface area contributed by atoms with E-state index in [4.69, 9.17) is 10.5 Å². The Labute approximate surface area is 93.2 Å². The van der Waals surface area contributed by atoms with Crippen molar-refractivity contribution in [2.24, 2.45) is 10.7 Å². The molecule has 16 heavy (non-hydrogen) atoms. The van der Waals surface area contributed by atoms with E-state index in [2.05, 4.69) is 4.99 Å². The number of rotatable bonds is 3. The fourth-order valence-corrected chi connectivity index (χ4v) is 2.06. The molecule has 2 N–H and O–H groups in total. The Morgan fingerprint density at radius 2 is 1.94 bits per heavy atom. The van der Waals surface area contributed by atoms with E-state index in [1.807, 2.05) is 6.07 Å². The maximum atomic E-state index is 11.5. The van der Waals surface area contributed by atoms with Gasteiger partial charge >= 0.3 is 0 Å². The Morgan fingerprint density at radius 3 is 2.50 bits per heavy atom. The molecule has 0 amide bonds. The Bertz CT molecular complexity index is 547. The van der Waals surface area contributed by atoms with Crippen LogP contribution in [0.3, 0.4) is 0 Å². The summed E-state index contributed by atoms with van der Waals surface area (Å²) in [7, 11) is -3.57. The zero-order valence-electron chi connectivity index (χ0n) is 8.33. The van der Waals surface area contributed by atoms with Gasteiger partial charge in [-0.15, -0.1) is 0 Å². The number of nitrogens with zero attached hydrogens (tertiary/aromatic N) is 1. The molecule has 0 unspecified atom stereocenters. The van der Waals surface area contributed by atoms with Gasteiger partial charge in [-0.25, -0.2) is 13.4 Å². The summed E-state index contributed by atoms with van der Waals surface area (Å²) in [6.45, 7) is -0.108. The number of hydrogen-bond donors (Lipinski definition) is 1. The van der Waals surface area contributed by atoms with Crippen molar-refractivity contribution < 1.29 is 13.2 Å². The molecular weight excluding hydrogens is 228 g/mol. The van der Waals surface area contributed by atoms with Crippen molar-refractivity contribution in [3.63, 3.8) is 0 Å². The average molecular weight is 238 g/mol. The Balaban J connectivity index is 2.05. The van der Waals surface area contributed by atoms with Crippen LogP contribution in [-0.2, 0) is 9.84 Å². The van der Waals surface area contributed by atoms with Gasteiger partial charge in [0, 0.05) is 0 Å². The van der Waals surface area contributed by atoms with E-state index < -0.39 is 9.84 Å². The van der Waals surface area contributed by atoms with Crippen LogP contribution in [0.4, 0.5) is 0 Å². The number of sulfone groups is 1. The maximum Gasteiger partial charge on any atom is 0.239 e. The van der Waals surface area contributed by atoms with Crippen LogP contribution in [0.5, 0.6) is 5.75 Å². The van der Waals surface area contributed by atoms with Gasteiger partial charge in [0.1, 0.15) is 12.4 Å². The standard InChI is InChI=1S/C10H10N2O3S/c11-9-6-12-10(16(9,13)14)7-15-8-4-2-1-3-5-8/h1-6H,7,11H2. The fourth-order valence-electron chi connectivity index (χ4n) is 1.19. The molecule has 1 aliphatic rings. The van der Waals surface area contributed by atoms with Gasteiger partial charge in [-0.05, 0) is 12.1 Å². The number of benzene rings is 1. The van der Waals surface area contributed by atoms with E-state index in [1.54, 1.807) is 24.3 Å². The molecule has 84 valence electrons. The molecule has 0 aliphatic carbocycles. The van der Waals surface area contributed by atoms with Gasteiger partial charge < -0.3 is 10.5 Å². The first kappa shape index (κ1) is 10.7. The third-order valence-corrected chi connectivity index (χ3v) is 3.63. The molecule has 0 fully saturated rings. The number of aliphatic imine (C=N–C) groups is 1. The lowest BCUT2D eigenvalue weighted by atomic mass is 10.3. The van der Waals surface area contributed by atoms with Crippen molar-refractivity contribution >= 4 is 14.9 Å². The Morgan fingerprint density at radius 1 is 1.25 bits per heavy atom. The van der Waals surface area contributed by atoms with Crippen molar-refractivity contribution in [3.05, 3.63) is 41.6 Å². The molecule has 0 spiro atoms. The van der Waals surface area contributed by atoms with Crippen LogP contribution in [0.1, 0.15) is 0 Å². The van der Waals surface area contributed by atoms with Crippen molar-refractivity contribution in [3.8, 4) is 5.75 Å². The third-order valence-electron chi connectivity index (χ3n) is 2.06. The predicted molar refractivity (Wildman–Crippen MR) is 60.6 cm³/mol. The summed E-state index contributed by atoms with van der Waals surface area (Å²) in [5.74, 6) is 0.589. The van der Waals surface area contributed by atoms with Crippen molar-refractivity contribution in [2.75, 3.05) is 6.61 Å². The van der Waals surface area contributed by atoms with Gasteiger partial charge in [-0.3, -0.25) is 0 Å². The zero-order chi connectivity index (χ0) is 11.6. The summed E-state index contributed by atoms with van der Waals surface area (Å²) in [6.07, 6.45) is 1.12. The minimum Gasteiger partial charge on any atom is -0.487 e. The van der Waals surface area contributed by atoms with Crippen LogP contribution in [-0.4, -0.2) is 20.1 Å². The smallest absolute Gasteiger partial charge is 0.239 e. The largest absolute Gasteiger partial charge is 0.487 e. The van der Waals surface area contributed by atoms with Crippen LogP contribution in [0.15, 0.2) is 46.6 Å². The number of ether oxygens (including phenoxy) is 1. The molecule has 0 aromatic heterocycles. The van der Waals surface area contributed by atoms with Crippen molar-refractivity contribution in [1.82, 2.24) is 0 Å². The topological polar surface area (TPSA) is 81.8 Å². The van der Waals surface area contributed by atoms with Crippen LogP contribution in [0, 0.1) is 0 Å². The molecule has 1 aromatic rings. The van der Waals surface area contributed by atoms with Gasteiger partial charge in [0.15, 0.2) is 10.1 Å². The molecular formula is C10H10N2O3S. The zero-order valence-corrected chi connectivity index (χ0v) is 9.15. The molecule has 1 aliphatic heterocycles. The summed E-state index contributed by atoms with van der Waals surface area (Å²) < 4.78 is 28.3. The Kier molecular flexibility index (Phi) is 2.66. The van der Waals surface area contributed by atoms with E-state index in [-0.39, 0.29) is 16.7 Å². The lowest BCUT2D eigenvalue weighted by molar-refractivity contribution is 0.378. The number of nitrogens with two attached hydrogens (primary N) is 1. The highest BCUT2D eigenvalue weighted by atomic mass is 32.2. The second-order valence-electron chi connectivity index (χ2n) is 3.16. The third kappa shape index (κ3) is 1.92. The van der Waals surface area contributed by atoms with E-state index in [9.17, 15) is 8.42 Å². The molecule has 1 heterocycles. The van der Waals surface area contributed by atoms with Gasteiger partial charge in [-0.2, -0.15) is 0 Å². The first-order chi connectivity index (χ1) is 7.60. The van der Waals surface area contributed by atoms with Crippen molar-refractivity contribution in [1.29, 1.82) is 0 Å². The van der Waals surface area contributed by atoms with E-state index in [1.165, 1.54) is 0 Å².